The molecule has 12 heavy (non-hydrogen) atoms. The molecule has 2 rings (SSSR count). The molecule has 2 aliphatic carbocycles. The van der Waals surface area contributed by atoms with Crippen molar-refractivity contribution in [1.82, 2.24) is 0 Å². The van der Waals surface area contributed by atoms with Crippen molar-refractivity contribution in [2.45, 2.75) is 33.1 Å². The minimum absolute atomic E-state index is 0.177. The van der Waals surface area contributed by atoms with Crippen molar-refractivity contribution in [2.75, 3.05) is 0 Å². The Hall–Kier alpha value is -0.590. The Morgan fingerprint density at radius 1 is 1.50 bits per heavy atom. The SMILES string of the molecule is C=C1CC2CCC(=O)C1C2(C)C. The zero-order valence-corrected chi connectivity index (χ0v) is 7.89. The van der Waals surface area contributed by atoms with Gasteiger partial charge in [-0.05, 0) is 24.2 Å². The highest BCUT2D eigenvalue weighted by molar-refractivity contribution is 5.86. The van der Waals surface area contributed by atoms with Gasteiger partial charge in [-0.25, -0.2) is 0 Å². The Kier molecular flexibility index (Phi) is 1.48. The van der Waals surface area contributed by atoms with Gasteiger partial charge < -0.3 is 0 Å². The predicted octanol–water partition coefficient (Wildman–Crippen LogP) is 2.57. The summed E-state index contributed by atoms with van der Waals surface area (Å²) < 4.78 is 0. The van der Waals surface area contributed by atoms with Crippen molar-refractivity contribution in [3.05, 3.63) is 12.2 Å². The zero-order chi connectivity index (χ0) is 8.93. The van der Waals surface area contributed by atoms with Crippen molar-refractivity contribution in [1.29, 1.82) is 0 Å². The van der Waals surface area contributed by atoms with E-state index in [2.05, 4.69) is 20.4 Å². The summed E-state index contributed by atoms with van der Waals surface area (Å²) in [6.07, 6.45) is 2.96. The third kappa shape index (κ3) is 0.825. The largest absolute Gasteiger partial charge is 0.299 e. The van der Waals surface area contributed by atoms with Crippen LogP contribution >= 0.6 is 0 Å². The van der Waals surface area contributed by atoms with E-state index in [0.29, 0.717) is 11.7 Å². The van der Waals surface area contributed by atoms with Crippen LogP contribution in [0.15, 0.2) is 12.2 Å². The standard InChI is InChI=1S/C11H16O/c1-7-6-8-4-5-9(12)10(7)11(8,2)3/h8,10H,1,4-6H2,2-3H3. The Bertz CT molecular complexity index is 242. The minimum Gasteiger partial charge on any atom is -0.299 e. The molecule has 0 saturated heterocycles. The summed E-state index contributed by atoms with van der Waals surface area (Å²) in [6.45, 7) is 8.46. The van der Waals surface area contributed by atoms with Gasteiger partial charge in [0.15, 0.2) is 0 Å². The van der Waals surface area contributed by atoms with Gasteiger partial charge in [0.25, 0.3) is 0 Å². The number of hydrogen-bond donors (Lipinski definition) is 0. The van der Waals surface area contributed by atoms with E-state index in [1.165, 1.54) is 5.57 Å². The molecular formula is C11H16O. The van der Waals surface area contributed by atoms with Crippen LogP contribution in [-0.4, -0.2) is 5.78 Å². The normalized spacial score (nSPS) is 38.8. The molecule has 0 aromatic rings. The highest BCUT2D eigenvalue weighted by atomic mass is 16.1. The van der Waals surface area contributed by atoms with Crippen molar-refractivity contribution in [3.63, 3.8) is 0 Å². The fraction of sp³-hybridized carbons (Fsp3) is 0.727. The molecule has 0 heterocycles. The van der Waals surface area contributed by atoms with E-state index in [-0.39, 0.29) is 11.3 Å². The van der Waals surface area contributed by atoms with Crippen LogP contribution in [0.4, 0.5) is 0 Å². The third-order valence-corrected chi connectivity index (χ3v) is 3.77. The quantitative estimate of drug-likeness (QED) is 0.503. The maximum atomic E-state index is 11.6. The summed E-state index contributed by atoms with van der Waals surface area (Å²) in [5.41, 5.74) is 1.39. The summed E-state index contributed by atoms with van der Waals surface area (Å²) >= 11 is 0. The zero-order valence-electron chi connectivity index (χ0n) is 7.89. The molecule has 2 bridgehead atoms. The predicted molar refractivity (Wildman–Crippen MR) is 48.8 cm³/mol. The van der Waals surface area contributed by atoms with Gasteiger partial charge in [-0.3, -0.25) is 4.79 Å². The molecule has 0 spiro atoms. The number of ketones is 1. The first-order chi connectivity index (χ1) is 5.53. The van der Waals surface area contributed by atoms with Gasteiger partial charge in [0.2, 0.25) is 0 Å². The first kappa shape index (κ1) is 8.03. The van der Waals surface area contributed by atoms with E-state index in [9.17, 15) is 4.79 Å². The van der Waals surface area contributed by atoms with Crippen LogP contribution in [0.5, 0.6) is 0 Å². The average molecular weight is 164 g/mol. The smallest absolute Gasteiger partial charge is 0.140 e. The molecule has 66 valence electrons. The number of hydrogen-bond acceptors (Lipinski definition) is 1. The van der Waals surface area contributed by atoms with Crippen molar-refractivity contribution >= 4 is 5.78 Å². The van der Waals surface area contributed by atoms with Gasteiger partial charge in [0, 0.05) is 12.3 Å². The monoisotopic (exact) mass is 164 g/mol. The molecule has 0 aromatic carbocycles. The molecule has 2 unspecified atom stereocenters. The van der Waals surface area contributed by atoms with Crippen LogP contribution in [-0.2, 0) is 4.79 Å². The van der Waals surface area contributed by atoms with E-state index in [4.69, 9.17) is 0 Å². The molecule has 0 radical (unpaired) electrons. The summed E-state index contributed by atoms with van der Waals surface area (Å²) in [5.74, 6) is 1.32. The average Bonchev–Trinajstić information content (AvgIpc) is 2.12. The van der Waals surface area contributed by atoms with E-state index in [0.717, 1.165) is 19.3 Å². The molecule has 2 saturated carbocycles. The fourth-order valence-electron chi connectivity index (χ4n) is 3.04. The first-order valence-corrected chi connectivity index (χ1v) is 4.74. The maximum Gasteiger partial charge on any atom is 0.140 e. The van der Waals surface area contributed by atoms with Gasteiger partial charge in [-0.1, -0.05) is 26.0 Å². The van der Waals surface area contributed by atoms with Crippen LogP contribution < -0.4 is 0 Å². The third-order valence-electron chi connectivity index (χ3n) is 3.77. The molecule has 1 nitrogen and oxygen atoms in total. The Labute approximate surface area is 73.8 Å². The van der Waals surface area contributed by atoms with Gasteiger partial charge in [0.05, 0.1) is 0 Å². The molecule has 0 N–H and O–H groups in total. The highest BCUT2D eigenvalue weighted by Gasteiger charge is 2.51. The maximum absolute atomic E-state index is 11.6. The van der Waals surface area contributed by atoms with E-state index in [1.54, 1.807) is 0 Å². The molecule has 1 heteroatoms. The van der Waals surface area contributed by atoms with E-state index < -0.39 is 0 Å². The molecule has 0 amide bonds. The lowest BCUT2D eigenvalue weighted by atomic mass is 9.67. The lowest BCUT2D eigenvalue weighted by Crippen LogP contribution is -2.35. The second-order valence-electron chi connectivity index (χ2n) is 4.82. The number of fused-ring (bicyclic) bond motifs is 2. The summed E-state index contributed by atoms with van der Waals surface area (Å²) in [4.78, 5) is 11.6. The van der Waals surface area contributed by atoms with Gasteiger partial charge in [-0.15, -0.1) is 0 Å². The second-order valence-corrected chi connectivity index (χ2v) is 4.82. The van der Waals surface area contributed by atoms with Crippen molar-refractivity contribution < 1.29 is 4.79 Å². The van der Waals surface area contributed by atoms with Gasteiger partial charge >= 0.3 is 0 Å². The molecule has 2 atom stereocenters. The molecule has 2 aliphatic rings. The van der Waals surface area contributed by atoms with Gasteiger partial charge in [0.1, 0.15) is 5.78 Å². The minimum atomic E-state index is 0.177. The second kappa shape index (κ2) is 2.21. The summed E-state index contributed by atoms with van der Waals surface area (Å²) in [5, 5.41) is 0. The highest BCUT2D eigenvalue weighted by Crippen LogP contribution is 2.55. The summed E-state index contributed by atoms with van der Waals surface area (Å²) in [7, 11) is 0. The molecule has 0 aliphatic heterocycles. The van der Waals surface area contributed by atoms with Crippen LogP contribution in [0, 0.1) is 17.3 Å². The van der Waals surface area contributed by atoms with E-state index in [1.807, 2.05) is 0 Å². The van der Waals surface area contributed by atoms with Crippen molar-refractivity contribution in [3.8, 4) is 0 Å². The summed E-state index contributed by atoms with van der Waals surface area (Å²) in [6, 6.07) is 0. The number of rotatable bonds is 0. The Morgan fingerprint density at radius 3 is 2.75 bits per heavy atom. The Morgan fingerprint density at radius 2 is 2.17 bits per heavy atom. The lowest BCUT2D eigenvalue weighted by Gasteiger charge is -2.36. The Balaban J connectivity index is 2.42. The van der Waals surface area contributed by atoms with E-state index >= 15 is 0 Å². The van der Waals surface area contributed by atoms with Crippen LogP contribution in [0.1, 0.15) is 33.1 Å². The molecular weight excluding hydrogens is 148 g/mol. The van der Waals surface area contributed by atoms with Crippen LogP contribution in [0.25, 0.3) is 0 Å². The lowest BCUT2D eigenvalue weighted by molar-refractivity contribution is -0.127. The van der Waals surface area contributed by atoms with Crippen LogP contribution in [0.2, 0.25) is 0 Å². The number of carbonyl (C=O) groups excluding carboxylic acids is 1. The number of carbonyl (C=O) groups is 1. The number of allylic oxidation sites excluding steroid dienone is 1. The molecule has 0 aromatic heterocycles. The van der Waals surface area contributed by atoms with Crippen molar-refractivity contribution in [2.24, 2.45) is 17.3 Å². The van der Waals surface area contributed by atoms with Crippen LogP contribution in [0.3, 0.4) is 0 Å². The first-order valence-electron chi connectivity index (χ1n) is 4.74. The van der Waals surface area contributed by atoms with Gasteiger partial charge in [-0.2, -0.15) is 0 Å². The fourth-order valence-corrected chi connectivity index (χ4v) is 3.04. The molecule has 2 fully saturated rings. The number of Topliss-reactive ketones (excluding diaryl/α,β-unsaturated/α-hetero) is 1. The topological polar surface area (TPSA) is 17.1 Å².